The second kappa shape index (κ2) is 4.91. The molecule has 3 atom stereocenters. The second-order valence-corrected chi connectivity index (χ2v) is 3.58. The van der Waals surface area contributed by atoms with Gasteiger partial charge in [0.05, 0.1) is 6.10 Å². The third-order valence-corrected chi connectivity index (χ3v) is 2.30. The highest BCUT2D eigenvalue weighted by atomic mass is 16.4. The van der Waals surface area contributed by atoms with Crippen LogP contribution in [0.15, 0.2) is 30.3 Å². The molecule has 0 radical (unpaired) electrons. The van der Waals surface area contributed by atoms with E-state index in [1.807, 2.05) is 0 Å². The normalized spacial score (nSPS) is 16.7. The smallest absolute Gasteiger partial charge is 0.313 e. The molecule has 0 bridgehead atoms. The van der Waals surface area contributed by atoms with Crippen molar-refractivity contribution in [1.29, 1.82) is 0 Å². The minimum Gasteiger partial charge on any atom is -0.481 e. The van der Waals surface area contributed by atoms with E-state index in [-0.39, 0.29) is 0 Å². The number of nitrogens with two attached hydrogens (primary N) is 1. The Kier molecular flexibility index (Phi) is 3.82. The van der Waals surface area contributed by atoms with Crippen LogP contribution in [0.3, 0.4) is 0 Å². The molecule has 4 heteroatoms. The Labute approximate surface area is 88.3 Å². The molecule has 0 aliphatic carbocycles. The number of aliphatic hydroxyl groups excluding tert-OH is 1. The highest BCUT2D eigenvalue weighted by molar-refractivity contribution is 5.77. The van der Waals surface area contributed by atoms with E-state index in [0.29, 0.717) is 5.56 Å². The van der Waals surface area contributed by atoms with Crippen LogP contribution in [0.5, 0.6) is 0 Å². The van der Waals surface area contributed by atoms with Gasteiger partial charge in [-0.05, 0) is 12.5 Å². The summed E-state index contributed by atoms with van der Waals surface area (Å²) < 4.78 is 0. The van der Waals surface area contributed by atoms with Gasteiger partial charge in [-0.15, -0.1) is 0 Å². The lowest BCUT2D eigenvalue weighted by Crippen LogP contribution is -2.39. The Morgan fingerprint density at radius 1 is 1.33 bits per heavy atom. The molecule has 1 aromatic carbocycles. The van der Waals surface area contributed by atoms with E-state index in [1.165, 1.54) is 0 Å². The summed E-state index contributed by atoms with van der Waals surface area (Å²) >= 11 is 0. The Hall–Kier alpha value is -1.39. The molecular formula is C11H15NO3. The summed E-state index contributed by atoms with van der Waals surface area (Å²) in [4.78, 5) is 11.0. The number of benzene rings is 1. The molecule has 4 N–H and O–H groups in total. The minimum atomic E-state index is -1.08. The predicted octanol–water partition coefficient (Wildman–Crippen LogP) is 0.563. The first-order valence-corrected chi connectivity index (χ1v) is 4.75. The molecule has 1 aromatic rings. The molecule has 0 aromatic heterocycles. The first kappa shape index (κ1) is 11.7. The SMILES string of the molecule is CC(N)[C@@H](O)C(C(=O)O)c1ccccc1. The molecule has 15 heavy (non-hydrogen) atoms. The largest absolute Gasteiger partial charge is 0.481 e. The van der Waals surface area contributed by atoms with Gasteiger partial charge in [-0.3, -0.25) is 4.79 Å². The summed E-state index contributed by atoms with van der Waals surface area (Å²) in [5.41, 5.74) is 6.06. The van der Waals surface area contributed by atoms with Crippen LogP contribution < -0.4 is 5.73 Å². The third kappa shape index (κ3) is 2.78. The fraction of sp³-hybridized carbons (Fsp3) is 0.364. The fourth-order valence-electron chi connectivity index (χ4n) is 1.45. The average Bonchev–Trinajstić information content (AvgIpc) is 2.18. The van der Waals surface area contributed by atoms with Gasteiger partial charge >= 0.3 is 5.97 Å². The molecule has 0 fully saturated rings. The van der Waals surface area contributed by atoms with Crippen LogP contribution >= 0.6 is 0 Å². The Morgan fingerprint density at radius 2 is 1.87 bits per heavy atom. The molecule has 0 spiro atoms. The maximum absolute atomic E-state index is 11.0. The number of carboxylic acid groups (broad SMARTS) is 1. The van der Waals surface area contributed by atoms with Crippen LogP contribution in [0.1, 0.15) is 18.4 Å². The van der Waals surface area contributed by atoms with Gasteiger partial charge in [0.25, 0.3) is 0 Å². The molecule has 82 valence electrons. The molecule has 0 aliphatic heterocycles. The van der Waals surface area contributed by atoms with Gasteiger partial charge in [-0.2, -0.15) is 0 Å². The summed E-state index contributed by atoms with van der Waals surface area (Å²) in [6, 6.07) is 8.03. The molecule has 0 heterocycles. The number of hydrogen-bond donors (Lipinski definition) is 3. The number of rotatable bonds is 4. The van der Waals surface area contributed by atoms with Crippen molar-refractivity contribution in [3.63, 3.8) is 0 Å². The molecule has 0 saturated heterocycles. The summed E-state index contributed by atoms with van der Waals surface area (Å²) in [6.07, 6.45) is -1.08. The van der Waals surface area contributed by atoms with Crippen molar-refractivity contribution in [2.75, 3.05) is 0 Å². The van der Waals surface area contributed by atoms with Crippen LogP contribution in [0.25, 0.3) is 0 Å². The molecule has 1 rings (SSSR count). The standard InChI is InChI=1S/C11H15NO3/c1-7(12)10(13)9(11(14)15)8-5-3-2-4-6-8/h2-7,9-10,13H,12H2,1H3,(H,14,15)/t7?,9?,10-/m1/s1. The third-order valence-electron chi connectivity index (χ3n) is 2.30. The van der Waals surface area contributed by atoms with Gasteiger partial charge in [0.2, 0.25) is 0 Å². The number of carboxylic acids is 1. The van der Waals surface area contributed by atoms with Gasteiger partial charge < -0.3 is 15.9 Å². The summed E-state index contributed by atoms with van der Waals surface area (Å²) in [6.45, 7) is 1.59. The van der Waals surface area contributed by atoms with Crippen LogP contribution in [0.2, 0.25) is 0 Å². The lowest BCUT2D eigenvalue weighted by atomic mass is 9.90. The molecule has 0 saturated carbocycles. The van der Waals surface area contributed by atoms with Crippen molar-refractivity contribution in [3.8, 4) is 0 Å². The topological polar surface area (TPSA) is 83.5 Å². The highest BCUT2D eigenvalue weighted by Crippen LogP contribution is 2.21. The Bertz CT molecular complexity index is 324. The Balaban J connectivity index is 2.99. The van der Waals surface area contributed by atoms with Gasteiger partial charge in [0, 0.05) is 6.04 Å². The zero-order chi connectivity index (χ0) is 11.4. The van der Waals surface area contributed by atoms with Gasteiger partial charge in [0.15, 0.2) is 0 Å². The first-order valence-electron chi connectivity index (χ1n) is 4.75. The van der Waals surface area contributed by atoms with E-state index in [1.54, 1.807) is 37.3 Å². The Morgan fingerprint density at radius 3 is 2.27 bits per heavy atom. The van der Waals surface area contributed by atoms with Gasteiger partial charge in [-0.1, -0.05) is 30.3 Å². The van der Waals surface area contributed by atoms with Crippen molar-refractivity contribution in [3.05, 3.63) is 35.9 Å². The lowest BCUT2D eigenvalue weighted by Gasteiger charge is -2.22. The van der Waals surface area contributed by atoms with Crippen molar-refractivity contribution < 1.29 is 15.0 Å². The second-order valence-electron chi connectivity index (χ2n) is 3.58. The fourth-order valence-corrected chi connectivity index (χ4v) is 1.45. The highest BCUT2D eigenvalue weighted by Gasteiger charge is 2.30. The first-order chi connectivity index (χ1) is 7.04. The molecule has 2 unspecified atom stereocenters. The lowest BCUT2D eigenvalue weighted by molar-refractivity contribution is -0.141. The monoisotopic (exact) mass is 209 g/mol. The van der Waals surface area contributed by atoms with Crippen molar-refractivity contribution in [2.45, 2.75) is 25.0 Å². The van der Waals surface area contributed by atoms with Crippen LogP contribution in [0, 0.1) is 0 Å². The van der Waals surface area contributed by atoms with Crippen LogP contribution in [-0.4, -0.2) is 28.3 Å². The molecule has 0 amide bonds. The number of hydrogen-bond acceptors (Lipinski definition) is 3. The summed E-state index contributed by atoms with van der Waals surface area (Å²) in [5.74, 6) is -2.03. The van der Waals surface area contributed by atoms with E-state index in [9.17, 15) is 9.90 Å². The van der Waals surface area contributed by atoms with Gasteiger partial charge in [-0.25, -0.2) is 0 Å². The van der Waals surface area contributed by atoms with E-state index >= 15 is 0 Å². The summed E-state index contributed by atoms with van der Waals surface area (Å²) in [7, 11) is 0. The zero-order valence-electron chi connectivity index (χ0n) is 8.50. The number of carbonyl (C=O) groups is 1. The average molecular weight is 209 g/mol. The van der Waals surface area contributed by atoms with Gasteiger partial charge in [0.1, 0.15) is 5.92 Å². The van der Waals surface area contributed by atoms with E-state index in [4.69, 9.17) is 10.8 Å². The van der Waals surface area contributed by atoms with E-state index in [2.05, 4.69) is 0 Å². The number of aliphatic hydroxyl groups is 1. The van der Waals surface area contributed by atoms with E-state index in [0.717, 1.165) is 0 Å². The van der Waals surface area contributed by atoms with Crippen LogP contribution in [0.4, 0.5) is 0 Å². The molecule has 4 nitrogen and oxygen atoms in total. The molecule has 0 aliphatic rings. The quantitative estimate of drug-likeness (QED) is 0.676. The zero-order valence-corrected chi connectivity index (χ0v) is 8.50. The minimum absolute atomic E-state index is 0.565. The maximum atomic E-state index is 11.0. The molecular weight excluding hydrogens is 194 g/mol. The van der Waals surface area contributed by atoms with Crippen molar-refractivity contribution in [2.24, 2.45) is 5.73 Å². The van der Waals surface area contributed by atoms with Crippen molar-refractivity contribution in [1.82, 2.24) is 0 Å². The van der Waals surface area contributed by atoms with E-state index < -0.39 is 24.0 Å². The van der Waals surface area contributed by atoms with Crippen LogP contribution in [-0.2, 0) is 4.79 Å². The number of aliphatic carboxylic acids is 1. The summed E-state index contributed by atoms with van der Waals surface area (Å²) in [5, 5.41) is 18.7. The van der Waals surface area contributed by atoms with Crippen molar-refractivity contribution >= 4 is 5.97 Å². The maximum Gasteiger partial charge on any atom is 0.313 e. The predicted molar refractivity (Wildman–Crippen MR) is 56.5 cm³/mol.